The Labute approximate surface area is 134 Å². The molecule has 1 fully saturated rings. The van der Waals surface area contributed by atoms with Gasteiger partial charge in [0.15, 0.2) is 0 Å². The Morgan fingerprint density at radius 2 is 2.00 bits per heavy atom. The standard InChI is InChI=1S/C15H18FNO5S/c1-15(2,3)22-14(19)10-5-4-6-11(7-10)17-9-12(8-13(17)18)23(16,20)21/h4-7,12H,8-9H2,1-3H3. The fraction of sp³-hybridized carbons (Fsp3) is 0.467. The highest BCUT2D eigenvalue weighted by atomic mass is 32.3. The Morgan fingerprint density at radius 1 is 1.35 bits per heavy atom. The molecule has 0 saturated carbocycles. The fourth-order valence-electron chi connectivity index (χ4n) is 2.25. The molecule has 6 nitrogen and oxygen atoms in total. The van der Waals surface area contributed by atoms with E-state index in [0.29, 0.717) is 5.69 Å². The number of hydrogen-bond donors (Lipinski definition) is 0. The zero-order chi connectivity index (χ0) is 17.4. The van der Waals surface area contributed by atoms with Crippen molar-refractivity contribution < 1.29 is 26.6 Å². The molecule has 1 aromatic rings. The minimum Gasteiger partial charge on any atom is -0.456 e. The first-order valence-electron chi connectivity index (χ1n) is 7.04. The fourth-order valence-corrected chi connectivity index (χ4v) is 2.92. The summed E-state index contributed by atoms with van der Waals surface area (Å²) in [6, 6.07) is 6.07. The molecule has 0 N–H and O–H groups in total. The van der Waals surface area contributed by atoms with Gasteiger partial charge in [0.25, 0.3) is 0 Å². The summed E-state index contributed by atoms with van der Waals surface area (Å²) < 4.78 is 40.3. The van der Waals surface area contributed by atoms with E-state index in [1.54, 1.807) is 32.9 Å². The molecule has 0 bridgehead atoms. The number of benzene rings is 1. The summed E-state index contributed by atoms with van der Waals surface area (Å²) >= 11 is 0. The van der Waals surface area contributed by atoms with Crippen LogP contribution in [-0.2, 0) is 19.8 Å². The molecule has 1 unspecified atom stereocenters. The Morgan fingerprint density at radius 3 is 2.52 bits per heavy atom. The smallest absolute Gasteiger partial charge is 0.338 e. The quantitative estimate of drug-likeness (QED) is 0.620. The average molecular weight is 343 g/mol. The molecule has 1 amide bonds. The van der Waals surface area contributed by atoms with Crippen molar-refractivity contribution in [1.82, 2.24) is 0 Å². The second kappa shape index (κ2) is 5.92. The van der Waals surface area contributed by atoms with Gasteiger partial charge in [-0.3, -0.25) is 4.79 Å². The third kappa shape index (κ3) is 4.28. The van der Waals surface area contributed by atoms with Gasteiger partial charge < -0.3 is 9.64 Å². The van der Waals surface area contributed by atoms with Crippen molar-refractivity contribution in [2.45, 2.75) is 38.0 Å². The number of hydrogen-bond acceptors (Lipinski definition) is 5. The summed E-state index contributed by atoms with van der Waals surface area (Å²) in [7, 11) is -4.78. The number of carbonyl (C=O) groups excluding carboxylic acids is 2. The number of anilines is 1. The predicted molar refractivity (Wildman–Crippen MR) is 82.4 cm³/mol. The van der Waals surface area contributed by atoms with Gasteiger partial charge in [-0.15, -0.1) is 3.89 Å². The average Bonchev–Trinajstić information content (AvgIpc) is 2.79. The third-order valence-electron chi connectivity index (χ3n) is 3.28. The minimum atomic E-state index is -4.78. The molecule has 1 heterocycles. The normalized spacial score (nSPS) is 19.0. The van der Waals surface area contributed by atoms with E-state index in [1.165, 1.54) is 12.1 Å². The topological polar surface area (TPSA) is 80.8 Å². The van der Waals surface area contributed by atoms with Crippen LogP contribution in [-0.4, -0.2) is 37.7 Å². The first-order valence-corrected chi connectivity index (χ1v) is 8.49. The summed E-state index contributed by atoms with van der Waals surface area (Å²) in [6.45, 7) is 4.93. The van der Waals surface area contributed by atoms with Crippen LogP contribution in [0, 0.1) is 0 Å². The van der Waals surface area contributed by atoms with E-state index in [0.717, 1.165) is 4.90 Å². The number of ether oxygens (including phenoxy) is 1. The van der Waals surface area contributed by atoms with E-state index in [-0.39, 0.29) is 12.1 Å². The van der Waals surface area contributed by atoms with E-state index < -0.39 is 39.4 Å². The van der Waals surface area contributed by atoms with Crippen molar-refractivity contribution in [2.75, 3.05) is 11.4 Å². The van der Waals surface area contributed by atoms with Crippen LogP contribution in [0.5, 0.6) is 0 Å². The molecule has 1 aliphatic rings. The highest BCUT2D eigenvalue weighted by Crippen LogP contribution is 2.27. The van der Waals surface area contributed by atoms with Crippen molar-refractivity contribution in [3.8, 4) is 0 Å². The number of carbonyl (C=O) groups is 2. The molecular formula is C15H18FNO5S. The second-order valence-electron chi connectivity index (χ2n) is 6.36. The van der Waals surface area contributed by atoms with Gasteiger partial charge in [0.05, 0.1) is 5.56 Å². The molecule has 1 atom stereocenters. The number of nitrogens with zero attached hydrogens (tertiary/aromatic N) is 1. The first kappa shape index (κ1) is 17.4. The maximum absolute atomic E-state index is 13.1. The predicted octanol–water partition coefficient (Wildman–Crippen LogP) is 2.05. The Kier molecular flexibility index (Phi) is 4.48. The second-order valence-corrected chi connectivity index (χ2v) is 7.98. The Bertz CT molecular complexity index is 738. The van der Waals surface area contributed by atoms with Crippen LogP contribution in [0.25, 0.3) is 0 Å². The van der Waals surface area contributed by atoms with E-state index >= 15 is 0 Å². The van der Waals surface area contributed by atoms with Crippen molar-refractivity contribution in [1.29, 1.82) is 0 Å². The zero-order valence-corrected chi connectivity index (χ0v) is 13.9. The van der Waals surface area contributed by atoms with Gasteiger partial charge in [-0.05, 0) is 39.0 Å². The van der Waals surface area contributed by atoms with E-state index in [2.05, 4.69) is 0 Å². The van der Waals surface area contributed by atoms with E-state index in [4.69, 9.17) is 4.74 Å². The first-order chi connectivity index (χ1) is 10.5. The summed E-state index contributed by atoms with van der Waals surface area (Å²) in [5.41, 5.74) is -0.0921. The molecule has 0 aromatic heterocycles. The van der Waals surface area contributed by atoms with Crippen molar-refractivity contribution in [3.63, 3.8) is 0 Å². The molecule has 126 valence electrons. The number of rotatable bonds is 3. The van der Waals surface area contributed by atoms with Gasteiger partial charge in [0.2, 0.25) is 5.91 Å². The van der Waals surface area contributed by atoms with Gasteiger partial charge in [-0.1, -0.05) is 6.07 Å². The van der Waals surface area contributed by atoms with Crippen LogP contribution in [0.2, 0.25) is 0 Å². The molecule has 0 spiro atoms. The van der Waals surface area contributed by atoms with Crippen LogP contribution >= 0.6 is 0 Å². The summed E-state index contributed by atoms with van der Waals surface area (Å²) in [5.74, 6) is -1.06. The minimum absolute atomic E-state index is 0.233. The zero-order valence-electron chi connectivity index (χ0n) is 13.1. The molecule has 23 heavy (non-hydrogen) atoms. The molecule has 0 radical (unpaired) electrons. The van der Waals surface area contributed by atoms with Crippen LogP contribution in [0.1, 0.15) is 37.6 Å². The Hall–Kier alpha value is -1.96. The van der Waals surface area contributed by atoms with Crippen LogP contribution < -0.4 is 4.90 Å². The van der Waals surface area contributed by atoms with Crippen molar-refractivity contribution in [3.05, 3.63) is 29.8 Å². The monoisotopic (exact) mass is 343 g/mol. The number of halogens is 1. The van der Waals surface area contributed by atoms with Gasteiger partial charge in [0, 0.05) is 18.7 Å². The number of amides is 1. The largest absolute Gasteiger partial charge is 0.456 e. The summed E-state index contributed by atoms with van der Waals surface area (Å²) in [6.07, 6.45) is -0.407. The lowest BCUT2D eigenvalue weighted by atomic mass is 10.1. The van der Waals surface area contributed by atoms with Gasteiger partial charge in [-0.25, -0.2) is 4.79 Å². The highest BCUT2D eigenvalue weighted by Gasteiger charge is 2.39. The summed E-state index contributed by atoms with van der Waals surface area (Å²) in [5, 5.41) is -1.37. The summed E-state index contributed by atoms with van der Waals surface area (Å²) in [4.78, 5) is 25.1. The Balaban J connectivity index is 2.24. The molecular weight excluding hydrogens is 325 g/mol. The maximum atomic E-state index is 13.1. The molecule has 1 aliphatic heterocycles. The van der Waals surface area contributed by atoms with Gasteiger partial charge >= 0.3 is 16.2 Å². The van der Waals surface area contributed by atoms with E-state index in [9.17, 15) is 21.9 Å². The third-order valence-corrected chi connectivity index (χ3v) is 4.39. The molecule has 1 aromatic carbocycles. The molecule has 2 rings (SSSR count). The maximum Gasteiger partial charge on any atom is 0.338 e. The van der Waals surface area contributed by atoms with Crippen molar-refractivity contribution in [2.24, 2.45) is 0 Å². The van der Waals surface area contributed by atoms with E-state index in [1.807, 2.05) is 0 Å². The lowest BCUT2D eigenvalue weighted by molar-refractivity contribution is -0.117. The molecule has 8 heteroatoms. The molecule has 1 saturated heterocycles. The van der Waals surface area contributed by atoms with Crippen LogP contribution in [0.4, 0.5) is 9.57 Å². The van der Waals surface area contributed by atoms with Crippen LogP contribution in [0.15, 0.2) is 24.3 Å². The van der Waals surface area contributed by atoms with Gasteiger partial charge in [-0.2, -0.15) is 8.42 Å². The highest BCUT2D eigenvalue weighted by molar-refractivity contribution is 7.87. The van der Waals surface area contributed by atoms with Gasteiger partial charge in [0.1, 0.15) is 10.9 Å². The SMILES string of the molecule is CC(C)(C)OC(=O)c1cccc(N2CC(S(=O)(=O)F)CC2=O)c1. The molecule has 0 aliphatic carbocycles. The van der Waals surface area contributed by atoms with Crippen LogP contribution in [0.3, 0.4) is 0 Å². The lowest BCUT2D eigenvalue weighted by Gasteiger charge is -2.21. The lowest BCUT2D eigenvalue weighted by Crippen LogP contribution is -2.27. The van der Waals surface area contributed by atoms with Crippen molar-refractivity contribution >= 4 is 27.8 Å². The number of esters is 1.